The smallest absolute Gasteiger partial charge is 0.138 e. The van der Waals surface area contributed by atoms with E-state index in [2.05, 4.69) is 22.3 Å². The van der Waals surface area contributed by atoms with Crippen molar-refractivity contribution >= 4 is 12.4 Å². The highest BCUT2D eigenvalue weighted by molar-refractivity contribution is 5.85. The Morgan fingerprint density at radius 1 is 1.50 bits per heavy atom. The van der Waals surface area contributed by atoms with Gasteiger partial charge in [-0.15, -0.1) is 12.4 Å². The molecule has 0 radical (unpaired) electrons. The maximum Gasteiger partial charge on any atom is 0.138 e. The molecule has 16 heavy (non-hydrogen) atoms. The van der Waals surface area contributed by atoms with E-state index in [1.54, 1.807) is 0 Å². The molecule has 1 fully saturated rings. The number of piperazine rings is 1. The second kappa shape index (κ2) is 5.66. The molecule has 0 aliphatic carbocycles. The van der Waals surface area contributed by atoms with E-state index in [9.17, 15) is 0 Å². The summed E-state index contributed by atoms with van der Waals surface area (Å²) in [6.07, 6.45) is 0. The number of hydrogen-bond acceptors (Lipinski definition) is 4. The SMILES string of the molecule is Cc1noc(C)c1CN1CCNC(C)C1.Cl. The third-order valence-corrected chi connectivity index (χ3v) is 3.02. The molecule has 1 N–H and O–H groups in total. The van der Waals surface area contributed by atoms with Crippen molar-refractivity contribution in [3.63, 3.8) is 0 Å². The van der Waals surface area contributed by atoms with Crippen molar-refractivity contribution in [1.82, 2.24) is 15.4 Å². The number of aromatic nitrogens is 1. The van der Waals surface area contributed by atoms with Crippen LogP contribution in [0.4, 0.5) is 0 Å². The van der Waals surface area contributed by atoms with E-state index >= 15 is 0 Å². The Kier molecular flexibility index (Phi) is 4.77. The van der Waals surface area contributed by atoms with Gasteiger partial charge in [-0.2, -0.15) is 0 Å². The van der Waals surface area contributed by atoms with E-state index < -0.39 is 0 Å². The third kappa shape index (κ3) is 2.97. The monoisotopic (exact) mass is 245 g/mol. The Morgan fingerprint density at radius 3 is 2.81 bits per heavy atom. The number of nitrogens with one attached hydrogen (secondary N) is 1. The van der Waals surface area contributed by atoms with Crippen molar-refractivity contribution in [1.29, 1.82) is 0 Å². The van der Waals surface area contributed by atoms with Gasteiger partial charge in [-0.25, -0.2) is 0 Å². The number of halogens is 1. The van der Waals surface area contributed by atoms with Crippen LogP contribution in [0.5, 0.6) is 0 Å². The third-order valence-electron chi connectivity index (χ3n) is 3.02. The molecule has 4 nitrogen and oxygen atoms in total. The molecule has 0 spiro atoms. The molecule has 0 amide bonds. The van der Waals surface area contributed by atoms with Gasteiger partial charge in [-0.1, -0.05) is 5.16 Å². The molecule has 1 unspecified atom stereocenters. The fourth-order valence-electron chi connectivity index (χ4n) is 2.11. The number of rotatable bonds is 2. The zero-order valence-corrected chi connectivity index (χ0v) is 10.9. The van der Waals surface area contributed by atoms with Crippen LogP contribution < -0.4 is 5.32 Å². The molecule has 2 rings (SSSR count). The van der Waals surface area contributed by atoms with Crippen LogP contribution in [0.3, 0.4) is 0 Å². The van der Waals surface area contributed by atoms with Gasteiger partial charge in [0.05, 0.1) is 5.69 Å². The summed E-state index contributed by atoms with van der Waals surface area (Å²) >= 11 is 0. The lowest BCUT2D eigenvalue weighted by atomic mass is 10.1. The summed E-state index contributed by atoms with van der Waals surface area (Å²) in [7, 11) is 0. The van der Waals surface area contributed by atoms with Gasteiger partial charge in [-0.05, 0) is 20.8 Å². The first-order valence-corrected chi connectivity index (χ1v) is 5.54. The standard InChI is InChI=1S/C11H19N3O.ClH/c1-8-6-14(5-4-12-8)7-11-9(2)13-15-10(11)3;/h8,12H,4-7H2,1-3H3;1H. The maximum absolute atomic E-state index is 5.17. The van der Waals surface area contributed by atoms with Crippen molar-refractivity contribution < 1.29 is 4.52 Å². The van der Waals surface area contributed by atoms with Crippen LogP contribution in [-0.2, 0) is 6.54 Å². The summed E-state index contributed by atoms with van der Waals surface area (Å²) in [6, 6.07) is 0.583. The van der Waals surface area contributed by atoms with Crippen molar-refractivity contribution in [2.45, 2.75) is 33.4 Å². The quantitative estimate of drug-likeness (QED) is 0.858. The molecular weight excluding hydrogens is 226 g/mol. The molecule has 5 heteroatoms. The fraction of sp³-hybridized carbons (Fsp3) is 0.727. The minimum atomic E-state index is 0. The average Bonchev–Trinajstić information content (AvgIpc) is 2.50. The van der Waals surface area contributed by atoms with Crippen LogP contribution >= 0.6 is 12.4 Å². The fourth-order valence-corrected chi connectivity index (χ4v) is 2.11. The molecule has 1 aliphatic heterocycles. The highest BCUT2D eigenvalue weighted by Crippen LogP contribution is 2.15. The van der Waals surface area contributed by atoms with Gasteiger partial charge in [-0.3, -0.25) is 4.90 Å². The molecule has 1 saturated heterocycles. The van der Waals surface area contributed by atoms with E-state index in [0.717, 1.165) is 37.6 Å². The summed E-state index contributed by atoms with van der Waals surface area (Å²) in [5, 5.41) is 7.42. The second-order valence-electron chi connectivity index (χ2n) is 4.39. The molecule has 0 saturated carbocycles. The van der Waals surface area contributed by atoms with Gasteiger partial charge < -0.3 is 9.84 Å². The molecule has 1 aromatic heterocycles. The molecule has 1 aliphatic rings. The number of aryl methyl sites for hydroxylation is 2. The van der Waals surface area contributed by atoms with Crippen LogP contribution in [0, 0.1) is 13.8 Å². The van der Waals surface area contributed by atoms with Crippen molar-refractivity contribution in [3.05, 3.63) is 17.0 Å². The Morgan fingerprint density at radius 2 is 2.25 bits per heavy atom. The molecular formula is C11H20ClN3O. The molecule has 92 valence electrons. The summed E-state index contributed by atoms with van der Waals surface area (Å²) in [6.45, 7) is 10.5. The van der Waals surface area contributed by atoms with Crippen LogP contribution in [0.25, 0.3) is 0 Å². The minimum Gasteiger partial charge on any atom is -0.361 e. The molecule has 1 atom stereocenters. The molecule has 1 aromatic rings. The lowest BCUT2D eigenvalue weighted by Gasteiger charge is -2.31. The Labute approximate surface area is 103 Å². The maximum atomic E-state index is 5.17. The van der Waals surface area contributed by atoms with Crippen LogP contribution in [0.2, 0.25) is 0 Å². The van der Waals surface area contributed by atoms with Gasteiger partial charge in [0.2, 0.25) is 0 Å². The Bertz CT molecular complexity index is 320. The van der Waals surface area contributed by atoms with Crippen molar-refractivity contribution in [2.75, 3.05) is 19.6 Å². The summed E-state index contributed by atoms with van der Waals surface area (Å²) in [5.74, 6) is 0.957. The number of nitrogens with zero attached hydrogens (tertiary/aromatic N) is 2. The summed E-state index contributed by atoms with van der Waals surface area (Å²) in [5.41, 5.74) is 2.28. The van der Waals surface area contributed by atoms with Gasteiger partial charge in [0, 0.05) is 37.8 Å². The molecule has 0 bridgehead atoms. The van der Waals surface area contributed by atoms with Crippen LogP contribution in [0.15, 0.2) is 4.52 Å². The molecule has 0 aromatic carbocycles. The minimum absolute atomic E-state index is 0. The van der Waals surface area contributed by atoms with E-state index in [1.807, 2.05) is 13.8 Å². The van der Waals surface area contributed by atoms with E-state index in [0.29, 0.717) is 6.04 Å². The topological polar surface area (TPSA) is 41.3 Å². The van der Waals surface area contributed by atoms with Crippen molar-refractivity contribution in [3.8, 4) is 0 Å². The normalized spacial score (nSPS) is 21.8. The largest absolute Gasteiger partial charge is 0.361 e. The first-order chi connectivity index (χ1) is 7.16. The van der Waals surface area contributed by atoms with Crippen LogP contribution in [0.1, 0.15) is 23.9 Å². The van der Waals surface area contributed by atoms with E-state index in [1.165, 1.54) is 5.56 Å². The highest BCUT2D eigenvalue weighted by atomic mass is 35.5. The lowest BCUT2D eigenvalue weighted by Crippen LogP contribution is -2.48. The number of hydrogen-bond donors (Lipinski definition) is 1. The van der Waals surface area contributed by atoms with Crippen molar-refractivity contribution in [2.24, 2.45) is 0 Å². The Hall–Kier alpha value is -0.580. The van der Waals surface area contributed by atoms with Gasteiger partial charge >= 0.3 is 0 Å². The van der Waals surface area contributed by atoms with Gasteiger partial charge in [0.1, 0.15) is 5.76 Å². The van der Waals surface area contributed by atoms with E-state index in [-0.39, 0.29) is 12.4 Å². The zero-order valence-electron chi connectivity index (χ0n) is 10.1. The zero-order chi connectivity index (χ0) is 10.8. The first-order valence-electron chi connectivity index (χ1n) is 5.54. The predicted molar refractivity (Wildman–Crippen MR) is 66.0 cm³/mol. The Balaban J connectivity index is 0.00000128. The van der Waals surface area contributed by atoms with E-state index in [4.69, 9.17) is 4.52 Å². The summed E-state index contributed by atoms with van der Waals surface area (Å²) in [4.78, 5) is 2.45. The summed E-state index contributed by atoms with van der Waals surface area (Å²) < 4.78 is 5.17. The van der Waals surface area contributed by atoms with Crippen LogP contribution in [-0.4, -0.2) is 35.7 Å². The average molecular weight is 246 g/mol. The lowest BCUT2D eigenvalue weighted by molar-refractivity contribution is 0.198. The predicted octanol–water partition coefficient (Wildman–Crippen LogP) is 1.51. The van der Waals surface area contributed by atoms with Gasteiger partial charge in [0.25, 0.3) is 0 Å². The first kappa shape index (κ1) is 13.5. The second-order valence-corrected chi connectivity index (χ2v) is 4.39. The van der Waals surface area contributed by atoms with Gasteiger partial charge in [0.15, 0.2) is 0 Å². The molecule has 2 heterocycles. The highest BCUT2D eigenvalue weighted by Gasteiger charge is 2.18.